The van der Waals surface area contributed by atoms with Crippen LogP contribution in [0.15, 0.2) is 29.2 Å². The zero-order valence-electron chi connectivity index (χ0n) is 10.9. The molecule has 102 valence electrons. The van der Waals surface area contributed by atoms with Crippen molar-refractivity contribution >= 4 is 9.84 Å². The van der Waals surface area contributed by atoms with Gasteiger partial charge in [0.2, 0.25) is 0 Å². The highest BCUT2D eigenvalue weighted by Crippen LogP contribution is 2.19. The fraction of sp³-hybridized carbons (Fsp3) is 0.538. The minimum Gasteiger partial charge on any atom is -0.497 e. The van der Waals surface area contributed by atoms with Crippen LogP contribution in [0, 0.1) is 0 Å². The molecule has 18 heavy (non-hydrogen) atoms. The molecule has 0 saturated carbocycles. The summed E-state index contributed by atoms with van der Waals surface area (Å²) in [6.45, 7) is 1.93. The Morgan fingerprint density at radius 1 is 1.33 bits per heavy atom. The van der Waals surface area contributed by atoms with Crippen molar-refractivity contribution in [3.63, 3.8) is 0 Å². The lowest BCUT2D eigenvalue weighted by Crippen LogP contribution is -2.15. The molecule has 0 spiro atoms. The molecule has 1 atom stereocenters. The second kappa shape index (κ2) is 6.75. The number of rotatable bonds is 7. The summed E-state index contributed by atoms with van der Waals surface area (Å²) in [6, 6.07) is 6.71. The average molecular weight is 271 g/mol. The van der Waals surface area contributed by atoms with E-state index in [0.717, 1.165) is 12.8 Å². The van der Waals surface area contributed by atoms with Crippen LogP contribution >= 0.6 is 0 Å². The summed E-state index contributed by atoms with van der Waals surface area (Å²) >= 11 is 0. The molecule has 0 aromatic heterocycles. The third kappa shape index (κ3) is 4.66. The lowest BCUT2D eigenvalue weighted by molar-refractivity contribution is 0.413. The molecule has 0 radical (unpaired) electrons. The van der Waals surface area contributed by atoms with Gasteiger partial charge >= 0.3 is 0 Å². The van der Waals surface area contributed by atoms with Gasteiger partial charge in [0.25, 0.3) is 0 Å². The van der Waals surface area contributed by atoms with Crippen molar-refractivity contribution in [3.8, 4) is 5.75 Å². The summed E-state index contributed by atoms with van der Waals surface area (Å²) in [5.74, 6) is 0.721. The number of unbranched alkanes of at least 4 members (excludes halogenated alkanes) is 1. The first-order chi connectivity index (χ1) is 8.45. The predicted molar refractivity (Wildman–Crippen MR) is 72.5 cm³/mol. The molecule has 0 aliphatic carbocycles. The van der Waals surface area contributed by atoms with Crippen molar-refractivity contribution in [1.29, 1.82) is 0 Å². The van der Waals surface area contributed by atoms with Crippen LogP contribution in [0.3, 0.4) is 0 Å². The van der Waals surface area contributed by atoms with Gasteiger partial charge in [-0.25, -0.2) is 8.42 Å². The maximum atomic E-state index is 12.1. The van der Waals surface area contributed by atoms with Gasteiger partial charge in [-0.2, -0.15) is 0 Å². The van der Waals surface area contributed by atoms with Gasteiger partial charge in [-0.1, -0.05) is 12.5 Å². The summed E-state index contributed by atoms with van der Waals surface area (Å²) in [4.78, 5) is 0.322. The lowest BCUT2D eigenvalue weighted by Gasteiger charge is -2.07. The fourth-order valence-electron chi connectivity index (χ4n) is 1.67. The molecule has 0 heterocycles. The second-order valence-corrected chi connectivity index (χ2v) is 6.58. The number of benzene rings is 1. The number of ether oxygens (including phenoxy) is 1. The molecule has 1 rings (SSSR count). The van der Waals surface area contributed by atoms with Crippen molar-refractivity contribution in [2.45, 2.75) is 37.1 Å². The van der Waals surface area contributed by atoms with Crippen LogP contribution in [0.2, 0.25) is 0 Å². The third-order valence-corrected chi connectivity index (χ3v) is 4.52. The summed E-state index contributed by atoms with van der Waals surface area (Å²) in [5.41, 5.74) is 5.63. The van der Waals surface area contributed by atoms with E-state index in [1.165, 1.54) is 7.11 Å². The molecular weight excluding hydrogens is 250 g/mol. The molecule has 1 aromatic carbocycles. The van der Waals surface area contributed by atoms with Gasteiger partial charge in [0.05, 0.1) is 17.8 Å². The molecule has 1 unspecified atom stereocenters. The molecule has 4 nitrogen and oxygen atoms in total. The number of methoxy groups -OCH3 is 1. The van der Waals surface area contributed by atoms with E-state index in [-0.39, 0.29) is 11.8 Å². The summed E-state index contributed by atoms with van der Waals surface area (Å²) in [6.07, 6.45) is 2.33. The largest absolute Gasteiger partial charge is 0.497 e. The van der Waals surface area contributed by atoms with E-state index >= 15 is 0 Å². The molecule has 1 aromatic rings. The Labute approximate surface area is 109 Å². The van der Waals surface area contributed by atoms with E-state index in [1.54, 1.807) is 24.3 Å². The van der Waals surface area contributed by atoms with Crippen molar-refractivity contribution < 1.29 is 13.2 Å². The summed E-state index contributed by atoms with van der Waals surface area (Å²) in [7, 11) is -1.69. The normalized spacial score (nSPS) is 13.3. The van der Waals surface area contributed by atoms with E-state index in [0.29, 0.717) is 17.1 Å². The highest BCUT2D eigenvalue weighted by atomic mass is 32.2. The maximum Gasteiger partial charge on any atom is 0.178 e. The van der Waals surface area contributed by atoms with Gasteiger partial charge in [0.1, 0.15) is 5.75 Å². The van der Waals surface area contributed by atoms with Crippen molar-refractivity contribution in [3.05, 3.63) is 24.3 Å². The van der Waals surface area contributed by atoms with Crippen LogP contribution in [-0.2, 0) is 9.84 Å². The van der Waals surface area contributed by atoms with E-state index in [4.69, 9.17) is 10.5 Å². The number of nitrogens with two attached hydrogens (primary N) is 1. The minimum absolute atomic E-state index is 0.129. The van der Waals surface area contributed by atoms with Gasteiger partial charge in [0.15, 0.2) is 9.84 Å². The van der Waals surface area contributed by atoms with E-state index < -0.39 is 9.84 Å². The van der Waals surface area contributed by atoms with Gasteiger partial charge in [0, 0.05) is 6.04 Å². The van der Waals surface area contributed by atoms with Crippen LogP contribution < -0.4 is 10.5 Å². The summed E-state index contributed by atoms with van der Waals surface area (Å²) < 4.78 is 29.1. The van der Waals surface area contributed by atoms with Crippen LogP contribution in [0.4, 0.5) is 0 Å². The highest BCUT2D eigenvalue weighted by Gasteiger charge is 2.14. The molecule has 0 aliphatic heterocycles. The van der Waals surface area contributed by atoms with Crippen LogP contribution in [-0.4, -0.2) is 27.3 Å². The molecular formula is C13H21NO3S. The first kappa shape index (κ1) is 15.0. The Hall–Kier alpha value is -1.07. The van der Waals surface area contributed by atoms with Crippen molar-refractivity contribution in [2.24, 2.45) is 5.73 Å². The Balaban J connectivity index is 2.62. The van der Waals surface area contributed by atoms with Crippen LogP contribution in [0.1, 0.15) is 26.2 Å². The zero-order chi connectivity index (χ0) is 13.6. The highest BCUT2D eigenvalue weighted by molar-refractivity contribution is 7.91. The van der Waals surface area contributed by atoms with Gasteiger partial charge in [-0.15, -0.1) is 0 Å². The van der Waals surface area contributed by atoms with Crippen molar-refractivity contribution in [1.82, 2.24) is 0 Å². The first-order valence-electron chi connectivity index (χ1n) is 6.08. The van der Waals surface area contributed by atoms with Crippen LogP contribution in [0.25, 0.3) is 0 Å². The molecule has 2 N–H and O–H groups in total. The van der Waals surface area contributed by atoms with Crippen LogP contribution in [0.5, 0.6) is 5.75 Å². The summed E-state index contributed by atoms with van der Waals surface area (Å²) in [5, 5.41) is 0. The molecule has 0 aliphatic rings. The number of hydrogen-bond donors (Lipinski definition) is 1. The number of sulfone groups is 1. The first-order valence-corrected chi connectivity index (χ1v) is 7.73. The standard InChI is InChI=1S/C13H21NO3S/c1-11(14)6-3-4-9-18(15,16)13-8-5-7-12(10-13)17-2/h5,7-8,10-11H,3-4,6,9,14H2,1-2H3. The van der Waals surface area contributed by atoms with E-state index in [1.807, 2.05) is 6.92 Å². The van der Waals surface area contributed by atoms with Crippen molar-refractivity contribution in [2.75, 3.05) is 12.9 Å². The molecule has 0 amide bonds. The minimum atomic E-state index is -3.21. The lowest BCUT2D eigenvalue weighted by atomic mass is 10.2. The Bertz CT molecular complexity index is 469. The fourth-order valence-corrected chi connectivity index (χ4v) is 3.07. The second-order valence-electron chi connectivity index (χ2n) is 4.47. The smallest absolute Gasteiger partial charge is 0.178 e. The molecule has 0 fully saturated rings. The Morgan fingerprint density at radius 3 is 2.67 bits per heavy atom. The average Bonchev–Trinajstić information content (AvgIpc) is 2.34. The maximum absolute atomic E-state index is 12.1. The monoisotopic (exact) mass is 271 g/mol. The Kier molecular flexibility index (Phi) is 5.62. The zero-order valence-corrected chi connectivity index (χ0v) is 11.7. The molecule has 0 saturated heterocycles. The van der Waals surface area contributed by atoms with E-state index in [2.05, 4.69) is 0 Å². The van der Waals surface area contributed by atoms with Gasteiger partial charge in [-0.05, 0) is 38.0 Å². The SMILES string of the molecule is COc1cccc(S(=O)(=O)CCCCC(C)N)c1. The third-order valence-electron chi connectivity index (χ3n) is 2.72. The van der Waals surface area contributed by atoms with E-state index in [9.17, 15) is 8.42 Å². The predicted octanol–water partition coefficient (Wildman–Crippen LogP) is 1.99. The molecule has 5 heteroatoms. The molecule has 0 bridgehead atoms. The van der Waals surface area contributed by atoms with Gasteiger partial charge in [-0.3, -0.25) is 0 Å². The number of hydrogen-bond acceptors (Lipinski definition) is 4. The topological polar surface area (TPSA) is 69.4 Å². The van der Waals surface area contributed by atoms with Gasteiger partial charge < -0.3 is 10.5 Å². The quantitative estimate of drug-likeness (QED) is 0.770. The Morgan fingerprint density at radius 2 is 2.06 bits per heavy atom.